The second-order valence-corrected chi connectivity index (χ2v) is 20.5. The van der Waals surface area contributed by atoms with Gasteiger partial charge in [-0.3, -0.25) is 5.32 Å². The average molecular weight is 414 g/mol. The van der Waals surface area contributed by atoms with Gasteiger partial charge < -0.3 is 4.74 Å². The molecule has 1 amide bonds. The molecule has 0 aromatic heterocycles. The number of hydrogen-bond acceptors (Lipinski definition) is 2. The van der Waals surface area contributed by atoms with Crippen LogP contribution in [0.1, 0.15) is 20.8 Å². The first-order chi connectivity index (χ1) is 12.7. The summed E-state index contributed by atoms with van der Waals surface area (Å²) in [5.41, 5.74) is 2.91. The van der Waals surface area contributed by atoms with Crippen molar-refractivity contribution in [2.75, 3.05) is 5.32 Å². The van der Waals surface area contributed by atoms with Gasteiger partial charge in [-0.05, 0) is 44.0 Å². The maximum Gasteiger partial charge on any atom is 0.412 e. The summed E-state index contributed by atoms with van der Waals surface area (Å²) in [6.45, 7) is 19.8. The number of carbonyl (C=O) groups excluding carboxylic acids is 1. The van der Waals surface area contributed by atoms with E-state index >= 15 is 0 Å². The van der Waals surface area contributed by atoms with Gasteiger partial charge in [0.2, 0.25) is 0 Å². The molecule has 2 aromatic rings. The molecule has 0 heterocycles. The Balaban J connectivity index is 2.53. The summed E-state index contributed by atoms with van der Waals surface area (Å²) in [4.78, 5) is 12.2. The molecule has 0 spiro atoms. The monoisotopic (exact) mass is 413 g/mol. The van der Waals surface area contributed by atoms with Crippen LogP contribution < -0.4 is 15.7 Å². The molecule has 0 atom stereocenters. The van der Waals surface area contributed by atoms with Gasteiger partial charge in [0.1, 0.15) is 5.60 Å². The molecule has 0 bridgehead atoms. The number of carbonyl (C=O) groups is 1. The van der Waals surface area contributed by atoms with Gasteiger partial charge >= 0.3 is 6.09 Å². The second-order valence-electron chi connectivity index (χ2n) is 10.4. The Morgan fingerprint density at radius 2 is 1.36 bits per heavy atom. The van der Waals surface area contributed by atoms with Crippen molar-refractivity contribution < 1.29 is 9.53 Å². The SMILES string of the molecule is CC(C)(C)OC(=O)Nc1ccc(-c2ccccc2[Si](C)(C)C)c([Si](C)(C)C)c1. The van der Waals surface area contributed by atoms with Crippen molar-refractivity contribution in [3.63, 3.8) is 0 Å². The molecule has 0 fully saturated rings. The predicted octanol–water partition coefficient (Wildman–Crippen LogP) is 5.79. The molecular weight excluding hydrogens is 378 g/mol. The molecule has 152 valence electrons. The highest BCUT2D eigenvalue weighted by molar-refractivity contribution is 6.91. The largest absolute Gasteiger partial charge is 0.444 e. The maximum atomic E-state index is 12.2. The van der Waals surface area contributed by atoms with Crippen LogP contribution in [-0.4, -0.2) is 27.8 Å². The Hall–Kier alpha value is -1.86. The number of nitrogens with one attached hydrogen (secondary N) is 1. The Labute approximate surface area is 172 Å². The summed E-state index contributed by atoms with van der Waals surface area (Å²) in [5, 5.41) is 5.73. The minimum atomic E-state index is -1.65. The zero-order chi connectivity index (χ0) is 21.3. The third kappa shape index (κ3) is 5.82. The highest BCUT2D eigenvalue weighted by atomic mass is 28.3. The average Bonchev–Trinajstić information content (AvgIpc) is 2.51. The fourth-order valence-electron chi connectivity index (χ4n) is 3.27. The minimum absolute atomic E-state index is 0.413. The van der Waals surface area contributed by atoms with Crippen molar-refractivity contribution in [3.05, 3.63) is 42.5 Å². The highest BCUT2D eigenvalue weighted by Crippen LogP contribution is 2.24. The van der Waals surface area contributed by atoms with Crippen LogP contribution in [0.3, 0.4) is 0 Å². The smallest absolute Gasteiger partial charge is 0.412 e. The molecule has 0 aliphatic carbocycles. The summed E-state index contributed by atoms with van der Waals surface area (Å²) in [6, 6.07) is 15.1. The molecule has 0 radical (unpaired) electrons. The number of amides is 1. The van der Waals surface area contributed by atoms with Crippen molar-refractivity contribution in [1.29, 1.82) is 0 Å². The van der Waals surface area contributed by atoms with Crippen molar-refractivity contribution in [2.24, 2.45) is 0 Å². The topological polar surface area (TPSA) is 38.3 Å². The molecule has 1 N–H and O–H groups in total. The van der Waals surface area contributed by atoms with Gasteiger partial charge in [0.15, 0.2) is 0 Å². The molecular formula is C23H35NO2Si2. The first kappa shape index (κ1) is 22.4. The number of rotatable bonds is 4. The normalized spacial score (nSPS) is 12.6. The van der Waals surface area contributed by atoms with Crippen molar-refractivity contribution in [2.45, 2.75) is 65.7 Å². The first-order valence-corrected chi connectivity index (χ1v) is 16.9. The van der Waals surface area contributed by atoms with Crippen LogP contribution in [-0.2, 0) is 4.74 Å². The molecule has 28 heavy (non-hydrogen) atoms. The molecule has 0 saturated carbocycles. The summed E-state index contributed by atoms with van der Waals surface area (Å²) in [5.74, 6) is 0. The quantitative estimate of drug-likeness (QED) is 0.644. The highest BCUT2D eigenvalue weighted by Gasteiger charge is 2.26. The van der Waals surface area contributed by atoms with E-state index in [4.69, 9.17) is 4.74 Å². The third-order valence-electron chi connectivity index (χ3n) is 4.50. The van der Waals surface area contributed by atoms with Crippen molar-refractivity contribution in [1.82, 2.24) is 0 Å². The van der Waals surface area contributed by atoms with E-state index < -0.39 is 27.8 Å². The molecule has 5 heteroatoms. The van der Waals surface area contributed by atoms with E-state index in [1.54, 1.807) is 0 Å². The van der Waals surface area contributed by atoms with Crippen LogP contribution >= 0.6 is 0 Å². The van der Waals surface area contributed by atoms with E-state index in [1.807, 2.05) is 26.8 Å². The molecule has 3 nitrogen and oxygen atoms in total. The van der Waals surface area contributed by atoms with E-state index in [1.165, 1.54) is 21.5 Å². The van der Waals surface area contributed by atoms with E-state index in [9.17, 15) is 4.79 Å². The van der Waals surface area contributed by atoms with Crippen LogP contribution in [0.25, 0.3) is 11.1 Å². The molecule has 0 aliphatic heterocycles. The van der Waals surface area contributed by atoms with Crippen LogP contribution in [0.15, 0.2) is 42.5 Å². The molecule has 0 unspecified atom stereocenters. The Morgan fingerprint density at radius 1 is 0.821 bits per heavy atom. The Bertz CT molecular complexity index is 856. The standard InChI is InChI=1S/C23H35NO2Si2/c1-23(2,3)26-22(25)24-17-14-15-19(21(16-17)28(7,8)9)18-12-10-11-13-20(18)27(4,5)6/h10-16H,1-9H3,(H,24,25). The second kappa shape index (κ2) is 7.87. The first-order valence-electron chi connectivity index (χ1n) is 9.93. The maximum absolute atomic E-state index is 12.2. The number of benzene rings is 2. The lowest BCUT2D eigenvalue weighted by Gasteiger charge is -2.27. The predicted molar refractivity (Wildman–Crippen MR) is 128 cm³/mol. The van der Waals surface area contributed by atoms with Gasteiger partial charge in [0.05, 0.1) is 16.1 Å². The van der Waals surface area contributed by atoms with Crippen LogP contribution in [0.4, 0.5) is 10.5 Å². The van der Waals surface area contributed by atoms with Gasteiger partial charge in [0, 0.05) is 5.69 Å². The zero-order valence-electron chi connectivity index (χ0n) is 18.9. The summed E-state index contributed by atoms with van der Waals surface area (Å²) >= 11 is 0. The minimum Gasteiger partial charge on any atom is -0.444 e. The van der Waals surface area contributed by atoms with Gasteiger partial charge in [-0.1, -0.05) is 80.0 Å². The summed E-state index contributed by atoms with van der Waals surface area (Å²) in [7, 11) is -3.13. The van der Waals surface area contributed by atoms with Gasteiger partial charge in [-0.25, -0.2) is 4.79 Å². The van der Waals surface area contributed by atoms with E-state index in [-0.39, 0.29) is 0 Å². The zero-order valence-corrected chi connectivity index (χ0v) is 20.9. The van der Waals surface area contributed by atoms with Gasteiger partial charge in [-0.15, -0.1) is 0 Å². The third-order valence-corrected chi connectivity index (χ3v) is 8.58. The van der Waals surface area contributed by atoms with Crippen LogP contribution in [0, 0.1) is 0 Å². The summed E-state index contributed by atoms with van der Waals surface area (Å²) in [6.07, 6.45) is -0.413. The fourth-order valence-corrected chi connectivity index (χ4v) is 6.51. The lowest BCUT2D eigenvalue weighted by molar-refractivity contribution is 0.0636. The Kier molecular flexibility index (Phi) is 6.31. The lowest BCUT2D eigenvalue weighted by atomic mass is 10.0. The number of hydrogen-bond donors (Lipinski definition) is 1. The van der Waals surface area contributed by atoms with Crippen LogP contribution in [0.5, 0.6) is 0 Å². The van der Waals surface area contributed by atoms with E-state index in [2.05, 4.69) is 81.0 Å². The lowest BCUT2D eigenvalue weighted by Crippen LogP contribution is -2.43. The molecule has 0 saturated heterocycles. The van der Waals surface area contributed by atoms with E-state index in [0.29, 0.717) is 0 Å². The molecule has 2 aromatic carbocycles. The Morgan fingerprint density at radius 3 is 1.89 bits per heavy atom. The van der Waals surface area contributed by atoms with Gasteiger partial charge in [-0.2, -0.15) is 0 Å². The van der Waals surface area contributed by atoms with E-state index in [0.717, 1.165) is 5.69 Å². The number of anilines is 1. The number of ether oxygens (including phenoxy) is 1. The van der Waals surface area contributed by atoms with Crippen molar-refractivity contribution in [3.8, 4) is 11.1 Å². The summed E-state index contributed by atoms with van der Waals surface area (Å²) < 4.78 is 5.41. The fraction of sp³-hybridized carbons (Fsp3) is 0.435. The van der Waals surface area contributed by atoms with Gasteiger partial charge in [0.25, 0.3) is 0 Å². The molecule has 0 aliphatic rings. The van der Waals surface area contributed by atoms with Crippen molar-refractivity contribution >= 4 is 38.3 Å². The van der Waals surface area contributed by atoms with Crippen LogP contribution in [0.2, 0.25) is 39.3 Å². The molecule has 2 rings (SSSR count).